The van der Waals surface area contributed by atoms with Gasteiger partial charge in [0.15, 0.2) is 5.78 Å². The quantitative estimate of drug-likeness (QED) is 0.737. The van der Waals surface area contributed by atoms with Crippen molar-refractivity contribution in [2.75, 3.05) is 0 Å². The topological polar surface area (TPSA) is 34.9 Å². The van der Waals surface area contributed by atoms with E-state index in [4.69, 9.17) is 0 Å². The van der Waals surface area contributed by atoms with E-state index in [1.54, 1.807) is 17.1 Å². The van der Waals surface area contributed by atoms with Crippen molar-refractivity contribution in [3.8, 4) is 0 Å². The summed E-state index contributed by atoms with van der Waals surface area (Å²) in [5.74, 6) is 0.168. The van der Waals surface area contributed by atoms with Crippen LogP contribution in [0.5, 0.6) is 0 Å². The number of imidazole rings is 1. The number of hydrogen-bond acceptors (Lipinski definition) is 2. The number of aromatic nitrogens is 2. The molecular weight excluding hydrogens is 212 g/mol. The predicted octanol–water partition coefficient (Wildman–Crippen LogP) is 2.63. The molecule has 0 aliphatic heterocycles. The molecule has 0 aliphatic rings. The average Bonchev–Trinajstić information content (AvgIpc) is 2.77. The van der Waals surface area contributed by atoms with Gasteiger partial charge in [-0.2, -0.15) is 0 Å². The van der Waals surface area contributed by atoms with E-state index in [0.29, 0.717) is 12.1 Å². The third-order valence-electron chi connectivity index (χ3n) is 2.81. The molecule has 0 fully saturated rings. The number of aryl methyl sites for hydroxylation is 2. The van der Waals surface area contributed by atoms with E-state index in [9.17, 15) is 4.79 Å². The van der Waals surface area contributed by atoms with Crippen molar-refractivity contribution in [2.45, 2.75) is 19.3 Å². The fraction of sp³-hybridized carbons (Fsp3) is 0.286. The molecule has 0 unspecified atom stereocenters. The standard InChI is InChI=1S/C14H16N2O/c1-16-11-15-10-13(16)14(17)9-5-8-12-6-3-2-4-7-12/h2-4,6-7,10-11H,5,8-9H2,1H3. The molecule has 0 N–H and O–H groups in total. The zero-order chi connectivity index (χ0) is 12.1. The Hall–Kier alpha value is -1.90. The van der Waals surface area contributed by atoms with Gasteiger partial charge in [0.05, 0.1) is 12.5 Å². The molecule has 88 valence electrons. The first kappa shape index (κ1) is 11.6. The van der Waals surface area contributed by atoms with Crippen LogP contribution in [0.25, 0.3) is 0 Å². The lowest BCUT2D eigenvalue weighted by Gasteiger charge is -2.02. The number of ketones is 1. The lowest BCUT2D eigenvalue weighted by atomic mass is 10.1. The van der Waals surface area contributed by atoms with Crippen LogP contribution < -0.4 is 0 Å². The molecule has 1 aromatic heterocycles. The Kier molecular flexibility index (Phi) is 3.70. The molecule has 0 amide bonds. The lowest BCUT2D eigenvalue weighted by Crippen LogP contribution is -2.05. The van der Waals surface area contributed by atoms with Gasteiger partial charge >= 0.3 is 0 Å². The Morgan fingerprint density at radius 3 is 2.71 bits per heavy atom. The minimum atomic E-state index is 0.168. The van der Waals surface area contributed by atoms with Crippen LogP contribution in [0, 0.1) is 0 Å². The molecule has 0 aliphatic carbocycles. The molecule has 3 nitrogen and oxygen atoms in total. The molecule has 2 rings (SSSR count). The molecule has 1 heterocycles. The zero-order valence-electron chi connectivity index (χ0n) is 9.97. The first-order valence-corrected chi connectivity index (χ1v) is 5.81. The number of carbonyl (C=O) groups is 1. The van der Waals surface area contributed by atoms with Crippen LogP contribution in [0.3, 0.4) is 0 Å². The fourth-order valence-corrected chi connectivity index (χ4v) is 1.85. The molecule has 0 saturated carbocycles. The Bertz CT molecular complexity index is 488. The summed E-state index contributed by atoms with van der Waals surface area (Å²) in [5, 5.41) is 0. The Morgan fingerprint density at radius 2 is 2.06 bits per heavy atom. The summed E-state index contributed by atoms with van der Waals surface area (Å²) in [6.45, 7) is 0. The van der Waals surface area contributed by atoms with Crippen LogP contribution in [-0.4, -0.2) is 15.3 Å². The van der Waals surface area contributed by atoms with Crippen molar-refractivity contribution < 1.29 is 4.79 Å². The van der Waals surface area contributed by atoms with Crippen molar-refractivity contribution in [1.82, 2.24) is 9.55 Å². The monoisotopic (exact) mass is 228 g/mol. The van der Waals surface area contributed by atoms with Gasteiger partial charge in [0.2, 0.25) is 0 Å². The average molecular weight is 228 g/mol. The zero-order valence-corrected chi connectivity index (χ0v) is 9.97. The number of nitrogens with zero attached hydrogens (tertiary/aromatic N) is 2. The number of benzene rings is 1. The maximum Gasteiger partial charge on any atom is 0.180 e. The summed E-state index contributed by atoms with van der Waals surface area (Å²) in [4.78, 5) is 15.8. The predicted molar refractivity (Wildman–Crippen MR) is 66.9 cm³/mol. The third kappa shape index (κ3) is 3.03. The number of carbonyl (C=O) groups excluding carboxylic acids is 1. The van der Waals surface area contributed by atoms with Gasteiger partial charge in [-0.3, -0.25) is 4.79 Å². The second kappa shape index (κ2) is 5.43. The van der Waals surface area contributed by atoms with Gasteiger partial charge in [-0.05, 0) is 18.4 Å². The van der Waals surface area contributed by atoms with Crippen molar-refractivity contribution >= 4 is 5.78 Å². The number of hydrogen-bond donors (Lipinski definition) is 0. The lowest BCUT2D eigenvalue weighted by molar-refractivity contribution is 0.0972. The summed E-state index contributed by atoms with van der Waals surface area (Å²) in [6.07, 6.45) is 5.70. The van der Waals surface area contributed by atoms with E-state index in [-0.39, 0.29) is 5.78 Å². The van der Waals surface area contributed by atoms with E-state index in [0.717, 1.165) is 12.8 Å². The Balaban J connectivity index is 1.84. The Labute approximate surface area is 101 Å². The van der Waals surface area contributed by atoms with Gasteiger partial charge in [-0.1, -0.05) is 30.3 Å². The van der Waals surface area contributed by atoms with Gasteiger partial charge in [-0.15, -0.1) is 0 Å². The SMILES string of the molecule is Cn1cncc1C(=O)CCCc1ccccc1. The molecule has 0 saturated heterocycles. The van der Waals surface area contributed by atoms with E-state index in [2.05, 4.69) is 17.1 Å². The van der Waals surface area contributed by atoms with Gasteiger partial charge in [0, 0.05) is 13.5 Å². The highest BCUT2D eigenvalue weighted by molar-refractivity contribution is 5.94. The third-order valence-corrected chi connectivity index (χ3v) is 2.81. The largest absolute Gasteiger partial charge is 0.331 e. The number of Topliss-reactive ketones (excluding diaryl/α,β-unsaturated/α-hetero) is 1. The highest BCUT2D eigenvalue weighted by Crippen LogP contribution is 2.08. The van der Waals surface area contributed by atoms with E-state index < -0.39 is 0 Å². The molecule has 3 heteroatoms. The maximum absolute atomic E-state index is 11.9. The number of rotatable bonds is 5. The molecule has 2 aromatic rings. The summed E-state index contributed by atoms with van der Waals surface area (Å²) >= 11 is 0. The van der Waals surface area contributed by atoms with E-state index in [1.165, 1.54) is 5.56 Å². The first-order valence-electron chi connectivity index (χ1n) is 5.81. The smallest absolute Gasteiger partial charge is 0.180 e. The van der Waals surface area contributed by atoms with E-state index >= 15 is 0 Å². The highest BCUT2D eigenvalue weighted by Gasteiger charge is 2.09. The van der Waals surface area contributed by atoms with Crippen LogP contribution >= 0.6 is 0 Å². The molecule has 1 aromatic carbocycles. The summed E-state index contributed by atoms with van der Waals surface area (Å²) < 4.78 is 1.77. The van der Waals surface area contributed by atoms with Crippen LogP contribution in [0.4, 0.5) is 0 Å². The van der Waals surface area contributed by atoms with Gasteiger partial charge in [0.25, 0.3) is 0 Å². The van der Waals surface area contributed by atoms with Crippen LogP contribution in [0.2, 0.25) is 0 Å². The van der Waals surface area contributed by atoms with Gasteiger partial charge in [-0.25, -0.2) is 4.98 Å². The van der Waals surface area contributed by atoms with Crippen molar-refractivity contribution in [3.63, 3.8) is 0 Å². The maximum atomic E-state index is 11.9. The van der Waals surface area contributed by atoms with Crippen molar-refractivity contribution in [2.24, 2.45) is 7.05 Å². The molecule has 0 atom stereocenters. The molecule has 0 spiro atoms. The van der Waals surface area contributed by atoms with E-state index in [1.807, 2.05) is 25.2 Å². The molecule has 17 heavy (non-hydrogen) atoms. The van der Waals surface area contributed by atoms with Crippen LogP contribution in [0.1, 0.15) is 28.9 Å². The minimum Gasteiger partial charge on any atom is -0.331 e. The molecule has 0 bridgehead atoms. The van der Waals surface area contributed by atoms with Crippen molar-refractivity contribution in [3.05, 3.63) is 54.1 Å². The molecular formula is C14H16N2O. The second-order valence-corrected chi connectivity index (χ2v) is 4.15. The van der Waals surface area contributed by atoms with Crippen LogP contribution in [0.15, 0.2) is 42.9 Å². The normalized spacial score (nSPS) is 10.4. The summed E-state index contributed by atoms with van der Waals surface area (Å²) in [5.41, 5.74) is 1.98. The fourth-order valence-electron chi connectivity index (χ4n) is 1.85. The minimum absolute atomic E-state index is 0.168. The van der Waals surface area contributed by atoms with Gasteiger partial charge in [0.1, 0.15) is 5.69 Å². The van der Waals surface area contributed by atoms with Gasteiger partial charge < -0.3 is 4.57 Å². The summed E-state index contributed by atoms with van der Waals surface area (Å²) in [7, 11) is 1.84. The first-order chi connectivity index (χ1) is 8.27. The summed E-state index contributed by atoms with van der Waals surface area (Å²) in [6, 6.07) is 10.2. The second-order valence-electron chi connectivity index (χ2n) is 4.15. The van der Waals surface area contributed by atoms with Crippen LogP contribution in [-0.2, 0) is 13.5 Å². The Morgan fingerprint density at radius 1 is 1.29 bits per heavy atom. The highest BCUT2D eigenvalue weighted by atomic mass is 16.1. The van der Waals surface area contributed by atoms with Crippen molar-refractivity contribution in [1.29, 1.82) is 0 Å². The molecule has 0 radical (unpaired) electrons.